The van der Waals surface area contributed by atoms with Crippen molar-refractivity contribution >= 4 is 10.0 Å². The van der Waals surface area contributed by atoms with Gasteiger partial charge < -0.3 is 0 Å². The SMILES string of the molecule is CCCCCCc1cccc(S(=O)(=O)NC(C)C)c1. The molecule has 4 heteroatoms. The van der Waals surface area contributed by atoms with Gasteiger partial charge in [-0.05, 0) is 44.4 Å². The molecule has 0 heterocycles. The minimum Gasteiger partial charge on any atom is -0.209 e. The van der Waals surface area contributed by atoms with E-state index in [1.54, 1.807) is 12.1 Å². The van der Waals surface area contributed by atoms with Crippen molar-refractivity contribution < 1.29 is 8.42 Å². The topological polar surface area (TPSA) is 46.2 Å². The molecule has 0 radical (unpaired) electrons. The molecule has 0 saturated carbocycles. The molecule has 19 heavy (non-hydrogen) atoms. The lowest BCUT2D eigenvalue weighted by atomic mass is 10.1. The Morgan fingerprint density at radius 3 is 2.53 bits per heavy atom. The van der Waals surface area contributed by atoms with Gasteiger partial charge in [0.05, 0.1) is 4.90 Å². The van der Waals surface area contributed by atoms with Crippen LogP contribution in [-0.4, -0.2) is 14.5 Å². The summed E-state index contributed by atoms with van der Waals surface area (Å²) in [7, 11) is -3.37. The molecule has 0 aliphatic rings. The lowest BCUT2D eigenvalue weighted by molar-refractivity contribution is 0.569. The highest BCUT2D eigenvalue weighted by molar-refractivity contribution is 7.89. The summed E-state index contributed by atoms with van der Waals surface area (Å²) in [6.07, 6.45) is 5.73. The summed E-state index contributed by atoms with van der Waals surface area (Å²) in [5, 5.41) is 0. The number of benzene rings is 1. The van der Waals surface area contributed by atoms with Crippen LogP contribution in [0.5, 0.6) is 0 Å². The highest BCUT2D eigenvalue weighted by atomic mass is 32.2. The van der Waals surface area contributed by atoms with Crippen molar-refractivity contribution in [1.29, 1.82) is 0 Å². The van der Waals surface area contributed by atoms with Gasteiger partial charge >= 0.3 is 0 Å². The van der Waals surface area contributed by atoms with E-state index in [-0.39, 0.29) is 6.04 Å². The van der Waals surface area contributed by atoms with Crippen LogP contribution < -0.4 is 4.72 Å². The zero-order valence-electron chi connectivity index (χ0n) is 12.1. The molecule has 0 atom stereocenters. The lowest BCUT2D eigenvalue weighted by Gasteiger charge is -2.10. The van der Waals surface area contributed by atoms with Crippen LogP contribution in [0.25, 0.3) is 0 Å². The fraction of sp³-hybridized carbons (Fsp3) is 0.600. The monoisotopic (exact) mass is 283 g/mol. The van der Waals surface area contributed by atoms with Gasteiger partial charge in [-0.25, -0.2) is 13.1 Å². The maximum atomic E-state index is 12.1. The maximum Gasteiger partial charge on any atom is 0.240 e. The van der Waals surface area contributed by atoms with E-state index in [9.17, 15) is 8.42 Å². The van der Waals surface area contributed by atoms with Crippen molar-refractivity contribution in [2.24, 2.45) is 0 Å². The van der Waals surface area contributed by atoms with E-state index in [4.69, 9.17) is 0 Å². The first kappa shape index (κ1) is 16.2. The quantitative estimate of drug-likeness (QED) is 0.742. The van der Waals surface area contributed by atoms with Crippen LogP contribution in [0.15, 0.2) is 29.2 Å². The molecule has 0 spiro atoms. The van der Waals surface area contributed by atoms with Gasteiger partial charge in [0.2, 0.25) is 10.0 Å². The molecule has 0 bridgehead atoms. The molecule has 0 aliphatic heterocycles. The maximum absolute atomic E-state index is 12.1. The summed E-state index contributed by atoms with van der Waals surface area (Å²) in [6, 6.07) is 7.18. The van der Waals surface area contributed by atoms with Crippen molar-refractivity contribution in [3.63, 3.8) is 0 Å². The average Bonchev–Trinajstić information content (AvgIpc) is 2.34. The Bertz CT molecular complexity index is 481. The summed E-state index contributed by atoms with van der Waals surface area (Å²) in [5.41, 5.74) is 1.10. The van der Waals surface area contributed by atoms with Crippen LogP contribution in [0.2, 0.25) is 0 Å². The van der Waals surface area contributed by atoms with Crippen LogP contribution in [0, 0.1) is 0 Å². The smallest absolute Gasteiger partial charge is 0.209 e. The fourth-order valence-electron chi connectivity index (χ4n) is 2.00. The average molecular weight is 283 g/mol. The van der Waals surface area contributed by atoms with Gasteiger partial charge in [-0.2, -0.15) is 0 Å². The van der Waals surface area contributed by atoms with Crippen molar-refractivity contribution in [3.8, 4) is 0 Å². The summed E-state index contributed by atoms with van der Waals surface area (Å²) >= 11 is 0. The van der Waals surface area contributed by atoms with Gasteiger partial charge in [-0.15, -0.1) is 0 Å². The van der Waals surface area contributed by atoms with Crippen LogP contribution in [0.1, 0.15) is 52.0 Å². The van der Waals surface area contributed by atoms with E-state index < -0.39 is 10.0 Å². The molecular weight excluding hydrogens is 258 g/mol. The molecule has 0 unspecified atom stereocenters. The third-order valence-electron chi connectivity index (χ3n) is 2.92. The predicted octanol–water partition coefficient (Wildman–Crippen LogP) is 3.50. The second-order valence-electron chi connectivity index (χ2n) is 5.23. The molecule has 1 aromatic rings. The summed E-state index contributed by atoms with van der Waals surface area (Å²) in [5.74, 6) is 0. The van der Waals surface area contributed by atoms with Gasteiger partial charge in [-0.3, -0.25) is 0 Å². The molecule has 1 N–H and O–H groups in total. The normalized spacial score (nSPS) is 12.0. The number of aryl methyl sites for hydroxylation is 1. The zero-order valence-corrected chi connectivity index (χ0v) is 13.0. The molecule has 0 aliphatic carbocycles. The van der Waals surface area contributed by atoms with E-state index in [0.717, 1.165) is 18.4 Å². The van der Waals surface area contributed by atoms with E-state index in [1.165, 1.54) is 19.3 Å². The Morgan fingerprint density at radius 1 is 1.16 bits per heavy atom. The number of nitrogens with one attached hydrogen (secondary N) is 1. The summed E-state index contributed by atoms with van der Waals surface area (Å²) in [6.45, 7) is 5.84. The fourth-order valence-corrected chi connectivity index (χ4v) is 3.32. The first-order valence-electron chi connectivity index (χ1n) is 7.07. The van der Waals surface area contributed by atoms with E-state index in [1.807, 2.05) is 26.0 Å². The first-order valence-corrected chi connectivity index (χ1v) is 8.55. The third-order valence-corrected chi connectivity index (χ3v) is 4.57. The minimum absolute atomic E-state index is 0.0850. The van der Waals surface area contributed by atoms with Crippen molar-refractivity contribution in [2.75, 3.05) is 0 Å². The largest absolute Gasteiger partial charge is 0.240 e. The molecule has 0 fully saturated rings. The molecule has 3 nitrogen and oxygen atoms in total. The molecule has 1 aromatic carbocycles. The van der Waals surface area contributed by atoms with Gasteiger partial charge in [0, 0.05) is 6.04 Å². The van der Waals surface area contributed by atoms with Crippen molar-refractivity contribution in [1.82, 2.24) is 4.72 Å². The van der Waals surface area contributed by atoms with Crippen LogP contribution in [0.3, 0.4) is 0 Å². The van der Waals surface area contributed by atoms with Gasteiger partial charge in [0.1, 0.15) is 0 Å². The highest BCUT2D eigenvalue weighted by Gasteiger charge is 2.15. The Kier molecular flexibility index (Phi) is 6.52. The standard InChI is InChI=1S/C15H25NO2S/c1-4-5-6-7-9-14-10-8-11-15(12-14)19(17,18)16-13(2)3/h8,10-13,16H,4-7,9H2,1-3H3. The Labute approximate surface area is 117 Å². The number of hydrogen-bond acceptors (Lipinski definition) is 2. The van der Waals surface area contributed by atoms with Crippen LogP contribution >= 0.6 is 0 Å². The number of sulfonamides is 1. The predicted molar refractivity (Wildman–Crippen MR) is 79.7 cm³/mol. The molecule has 0 amide bonds. The molecule has 108 valence electrons. The van der Waals surface area contributed by atoms with Crippen LogP contribution in [-0.2, 0) is 16.4 Å². The molecule has 0 saturated heterocycles. The summed E-state index contributed by atoms with van der Waals surface area (Å²) in [4.78, 5) is 0.370. The minimum atomic E-state index is -3.37. The van der Waals surface area contributed by atoms with Gasteiger partial charge in [0.15, 0.2) is 0 Å². The second-order valence-corrected chi connectivity index (χ2v) is 6.95. The molecule has 1 rings (SSSR count). The third kappa shape index (κ3) is 5.74. The summed E-state index contributed by atoms with van der Waals surface area (Å²) < 4.78 is 26.7. The van der Waals surface area contributed by atoms with E-state index in [0.29, 0.717) is 4.90 Å². The highest BCUT2D eigenvalue weighted by Crippen LogP contribution is 2.14. The number of rotatable bonds is 8. The number of hydrogen-bond donors (Lipinski definition) is 1. The molecular formula is C15H25NO2S. The van der Waals surface area contributed by atoms with Crippen molar-refractivity contribution in [2.45, 2.75) is 63.8 Å². The Balaban J connectivity index is 2.71. The second kappa shape index (κ2) is 7.65. The zero-order chi connectivity index (χ0) is 14.3. The first-order chi connectivity index (χ1) is 8.95. The van der Waals surface area contributed by atoms with E-state index >= 15 is 0 Å². The van der Waals surface area contributed by atoms with Crippen molar-refractivity contribution in [3.05, 3.63) is 29.8 Å². The van der Waals surface area contributed by atoms with Gasteiger partial charge in [-0.1, -0.05) is 38.3 Å². The number of unbranched alkanes of at least 4 members (excludes halogenated alkanes) is 3. The van der Waals surface area contributed by atoms with Crippen LogP contribution in [0.4, 0.5) is 0 Å². The van der Waals surface area contributed by atoms with Gasteiger partial charge in [0.25, 0.3) is 0 Å². The molecule has 0 aromatic heterocycles. The lowest BCUT2D eigenvalue weighted by Crippen LogP contribution is -2.30. The Hall–Kier alpha value is -0.870. The van der Waals surface area contributed by atoms with E-state index in [2.05, 4.69) is 11.6 Å². The Morgan fingerprint density at radius 2 is 1.89 bits per heavy atom.